The van der Waals surface area contributed by atoms with E-state index in [2.05, 4.69) is 13.8 Å². The van der Waals surface area contributed by atoms with Gasteiger partial charge in [-0.3, -0.25) is 0 Å². The zero-order valence-corrected chi connectivity index (χ0v) is 18.5. The van der Waals surface area contributed by atoms with E-state index >= 15 is 0 Å². The molecule has 0 heteroatoms. The van der Waals surface area contributed by atoms with E-state index in [-0.39, 0.29) is 0 Å². The van der Waals surface area contributed by atoms with Crippen LogP contribution in [0.2, 0.25) is 0 Å². The summed E-state index contributed by atoms with van der Waals surface area (Å²) in [4.78, 5) is 0. The summed E-state index contributed by atoms with van der Waals surface area (Å²) in [5, 5.41) is 0. The third kappa shape index (κ3) is 9.27. The second kappa shape index (κ2) is 14.1. The Morgan fingerprint density at radius 2 is 0.769 bits per heavy atom. The van der Waals surface area contributed by atoms with Gasteiger partial charge in [0.15, 0.2) is 0 Å². The van der Waals surface area contributed by atoms with E-state index in [1.807, 2.05) is 0 Å². The van der Waals surface area contributed by atoms with E-state index < -0.39 is 0 Å². The van der Waals surface area contributed by atoms with E-state index in [4.69, 9.17) is 0 Å². The van der Waals surface area contributed by atoms with Gasteiger partial charge in [0.05, 0.1) is 0 Å². The summed E-state index contributed by atoms with van der Waals surface area (Å²) in [6, 6.07) is 0. The van der Waals surface area contributed by atoms with Gasteiger partial charge in [-0.05, 0) is 30.1 Å². The molecule has 0 spiro atoms. The second-order valence-corrected chi connectivity index (χ2v) is 10.1. The normalized spacial score (nSPS) is 29.8. The van der Waals surface area contributed by atoms with Gasteiger partial charge in [0.1, 0.15) is 0 Å². The highest BCUT2D eigenvalue weighted by atomic mass is 14.3. The first kappa shape index (κ1) is 22.3. The van der Waals surface area contributed by atoms with Gasteiger partial charge in [-0.25, -0.2) is 0 Å². The fourth-order valence-electron chi connectivity index (χ4n) is 5.88. The molecule has 2 saturated carbocycles. The van der Waals surface area contributed by atoms with Crippen molar-refractivity contribution in [1.29, 1.82) is 0 Å². The zero-order chi connectivity index (χ0) is 18.5. The summed E-state index contributed by atoms with van der Waals surface area (Å²) in [6.45, 7) is 4.65. The predicted molar refractivity (Wildman–Crippen MR) is 118 cm³/mol. The van der Waals surface area contributed by atoms with Gasteiger partial charge in [0, 0.05) is 0 Å². The van der Waals surface area contributed by atoms with Crippen LogP contribution in [0.25, 0.3) is 0 Å². The van der Waals surface area contributed by atoms with E-state index in [1.165, 1.54) is 64.2 Å². The van der Waals surface area contributed by atoms with Gasteiger partial charge >= 0.3 is 0 Å². The van der Waals surface area contributed by atoms with Crippen LogP contribution in [0.3, 0.4) is 0 Å². The molecule has 2 rings (SSSR count). The summed E-state index contributed by atoms with van der Waals surface area (Å²) >= 11 is 0. The van der Waals surface area contributed by atoms with Crippen LogP contribution < -0.4 is 0 Å². The summed E-state index contributed by atoms with van der Waals surface area (Å²) in [6.07, 6.45) is 30.3. The molecular formula is C26H50. The molecule has 0 bridgehead atoms. The van der Waals surface area contributed by atoms with Crippen LogP contribution in [0.1, 0.15) is 142 Å². The molecule has 0 heterocycles. The molecule has 0 amide bonds. The minimum atomic E-state index is 1.09. The van der Waals surface area contributed by atoms with Gasteiger partial charge in [-0.2, -0.15) is 0 Å². The third-order valence-corrected chi connectivity index (χ3v) is 7.78. The van der Waals surface area contributed by atoms with E-state index in [9.17, 15) is 0 Å². The van der Waals surface area contributed by atoms with Crippen LogP contribution in [0, 0.1) is 23.7 Å². The van der Waals surface area contributed by atoms with E-state index in [0.29, 0.717) is 0 Å². The summed E-state index contributed by atoms with van der Waals surface area (Å²) < 4.78 is 0. The fourth-order valence-corrected chi connectivity index (χ4v) is 5.88. The zero-order valence-electron chi connectivity index (χ0n) is 18.5. The molecule has 2 aliphatic carbocycles. The molecule has 0 N–H and O–H groups in total. The molecule has 0 unspecified atom stereocenters. The highest BCUT2D eigenvalue weighted by Crippen LogP contribution is 2.40. The van der Waals surface area contributed by atoms with Crippen LogP contribution in [0.5, 0.6) is 0 Å². The first-order valence-electron chi connectivity index (χ1n) is 12.8. The lowest BCUT2D eigenvalue weighted by atomic mass is 9.72. The first-order valence-corrected chi connectivity index (χ1v) is 12.8. The highest BCUT2D eigenvalue weighted by molar-refractivity contribution is 4.79. The Hall–Kier alpha value is 0. The van der Waals surface area contributed by atoms with Crippen molar-refractivity contribution in [1.82, 2.24) is 0 Å². The molecule has 154 valence electrons. The van der Waals surface area contributed by atoms with E-state index in [1.54, 1.807) is 64.2 Å². The Kier molecular flexibility index (Phi) is 12.1. The van der Waals surface area contributed by atoms with Gasteiger partial charge in [0.2, 0.25) is 0 Å². The molecule has 0 aromatic heterocycles. The van der Waals surface area contributed by atoms with Crippen molar-refractivity contribution in [2.75, 3.05) is 0 Å². The Balaban J connectivity index is 1.48. The molecule has 26 heavy (non-hydrogen) atoms. The molecule has 0 saturated heterocycles. The minimum absolute atomic E-state index is 1.09. The standard InChI is InChI=1S/C26H50/c1-3-5-7-9-11-13-24-16-20-26(21-17-24)22-25-18-14-23(15-19-25)12-10-8-6-4-2/h23-26H,3-22H2,1-2H3/t23-,24-,25-,26-. The molecule has 0 atom stereocenters. The smallest absolute Gasteiger partial charge is 0.0411 e. The Morgan fingerprint density at radius 3 is 1.19 bits per heavy atom. The minimum Gasteiger partial charge on any atom is -0.0654 e. The molecule has 0 nitrogen and oxygen atoms in total. The lowest BCUT2D eigenvalue weighted by molar-refractivity contribution is 0.182. The van der Waals surface area contributed by atoms with Gasteiger partial charge in [0.25, 0.3) is 0 Å². The molecule has 0 aromatic rings. The quantitative estimate of drug-likeness (QED) is 0.286. The molecule has 0 aromatic carbocycles. The lowest BCUT2D eigenvalue weighted by Gasteiger charge is -2.34. The Bertz CT molecular complexity index is 304. The summed E-state index contributed by atoms with van der Waals surface area (Å²) in [5.74, 6) is 4.37. The van der Waals surface area contributed by atoms with E-state index in [0.717, 1.165) is 23.7 Å². The number of hydrogen-bond acceptors (Lipinski definition) is 0. The maximum absolute atomic E-state index is 2.33. The van der Waals surface area contributed by atoms with Crippen LogP contribution in [0.4, 0.5) is 0 Å². The third-order valence-electron chi connectivity index (χ3n) is 7.78. The Morgan fingerprint density at radius 1 is 0.423 bits per heavy atom. The second-order valence-electron chi connectivity index (χ2n) is 10.1. The largest absolute Gasteiger partial charge is 0.0654 e. The average molecular weight is 363 g/mol. The fraction of sp³-hybridized carbons (Fsp3) is 1.00. The van der Waals surface area contributed by atoms with Gasteiger partial charge < -0.3 is 0 Å². The molecule has 2 fully saturated rings. The number of rotatable bonds is 13. The molecule has 0 radical (unpaired) electrons. The maximum Gasteiger partial charge on any atom is -0.0411 e. The van der Waals surface area contributed by atoms with Crippen molar-refractivity contribution in [3.63, 3.8) is 0 Å². The van der Waals surface area contributed by atoms with Crippen molar-refractivity contribution in [2.24, 2.45) is 23.7 Å². The summed E-state index contributed by atoms with van der Waals surface area (Å²) in [5.41, 5.74) is 0. The van der Waals surface area contributed by atoms with Gasteiger partial charge in [-0.1, -0.05) is 136 Å². The van der Waals surface area contributed by atoms with Crippen molar-refractivity contribution in [2.45, 2.75) is 142 Å². The molecule has 0 aliphatic heterocycles. The van der Waals surface area contributed by atoms with Crippen LogP contribution in [0.15, 0.2) is 0 Å². The Labute approximate surface area is 166 Å². The lowest BCUT2D eigenvalue weighted by Crippen LogP contribution is -2.21. The number of unbranched alkanes of at least 4 members (excludes halogenated alkanes) is 7. The van der Waals surface area contributed by atoms with Crippen molar-refractivity contribution in [3.05, 3.63) is 0 Å². The maximum atomic E-state index is 2.33. The summed E-state index contributed by atoms with van der Waals surface area (Å²) in [7, 11) is 0. The number of hydrogen-bond donors (Lipinski definition) is 0. The van der Waals surface area contributed by atoms with Crippen LogP contribution >= 0.6 is 0 Å². The highest BCUT2D eigenvalue weighted by Gasteiger charge is 2.26. The molecule has 2 aliphatic rings. The SMILES string of the molecule is CCCCCCC[C@H]1CC[C@H](C[C@H]2CC[C@H](CCCCCC)CC2)CC1. The van der Waals surface area contributed by atoms with Crippen LogP contribution in [-0.2, 0) is 0 Å². The predicted octanol–water partition coefficient (Wildman–Crippen LogP) is 9.32. The van der Waals surface area contributed by atoms with Crippen molar-refractivity contribution in [3.8, 4) is 0 Å². The first-order chi connectivity index (χ1) is 12.8. The van der Waals surface area contributed by atoms with Crippen molar-refractivity contribution >= 4 is 0 Å². The van der Waals surface area contributed by atoms with Crippen molar-refractivity contribution < 1.29 is 0 Å². The van der Waals surface area contributed by atoms with Gasteiger partial charge in [-0.15, -0.1) is 0 Å². The van der Waals surface area contributed by atoms with Crippen LogP contribution in [-0.4, -0.2) is 0 Å². The average Bonchev–Trinajstić information content (AvgIpc) is 2.68. The topological polar surface area (TPSA) is 0 Å². The monoisotopic (exact) mass is 362 g/mol. The molecular weight excluding hydrogens is 312 g/mol.